The second-order valence-corrected chi connectivity index (χ2v) is 10.7. The van der Waals surface area contributed by atoms with Crippen molar-refractivity contribution in [2.75, 3.05) is 0 Å². The molecule has 0 radical (unpaired) electrons. The van der Waals surface area contributed by atoms with Crippen molar-refractivity contribution in [2.24, 2.45) is 11.3 Å². The molecular weight excluding hydrogens is 382 g/mol. The van der Waals surface area contributed by atoms with Crippen LogP contribution >= 0.6 is 0 Å². The molecule has 3 nitrogen and oxygen atoms in total. The lowest BCUT2D eigenvalue weighted by molar-refractivity contribution is -0.159. The van der Waals surface area contributed by atoms with Crippen molar-refractivity contribution < 1.29 is 9.84 Å². The molecule has 2 fully saturated rings. The van der Waals surface area contributed by atoms with Gasteiger partial charge in [-0.15, -0.1) is 0 Å². The second-order valence-electron chi connectivity index (χ2n) is 10.7. The summed E-state index contributed by atoms with van der Waals surface area (Å²) < 4.78 is 7.15. The molecule has 5 atom stereocenters. The number of aliphatic hydroxyl groups is 1. The molecule has 3 aliphatic carbocycles. The molecule has 2 spiro atoms. The Bertz CT molecular complexity index is 1210. The predicted molar refractivity (Wildman–Crippen MR) is 121 cm³/mol. The number of fused-ring (bicyclic) bond motifs is 2. The molecule has 1 aromatic carbocycles. The van der Waals surface area contributed by atoms with E-state index in [0.29, 0.717) is 5.92 Å². The molecule has 1 aromatic heterocycles. The first-order valence-corrected chi connectivity index (χ1v) is 11.9. The minimum Gasteiger partial charge on any atom is -0.385 e. The van der Waals surface area contributed by atoms with Gasteiger partial charge < -0.3 is 9.84 Å². The Morgan fingerprint density at radius 1 is 1.06 bits per heavy atom. The third-order valence-electron chi connectivity index (χ3n) is 9.55. The van der Waals surface area contributed by atoms with Crippen LogP contribution < -0.4 is 0 Å². The van der Waals surface area contributed by atoms with Crippen molar-refractivity contribution in [3.05, 3.63) is 77.7 Å². The van der Waals surface area contributed by atoms with E-state index in [1.165, 1.54) is 16.5 Å². The van der Waals surface area contributed by atoms with Crippen molar-refractivity contribution in [3.63, 3.8) is 0 Å². The fourth-order valence-electron chi connectivity index (χ4n) is 7.83. The summed E-state index contributed by atoms with van der Waals surface area (Å²) in [5, 5.41) is 14.6. The largest absolute Gasteiger partial charge is 0.385 e. The lowest BCUT2D eigenvalue weighted by Crippen LogP contribution is -2.56. The van der Waals surface area contributed by atoms with Crippen LogP contribution in [0.2, 0.25) is 0 Å². The summed E-state index contributed by atoms with van der Waals surface area (Å²) in [6.45, 7) is 2.31. The number of ether oxygens (including phenoxy) is 1. The first-order valence-electron chi connectivity index (χ1n) is 11.9. The van der Waals surface area contributed by atoms with Gasteiger partial charge >= 0.3 is 0 Å². The van der Waals surface area contributed by atoms with E-state index in [9.17, 15) is 5.11 Å². The molecule has 2 bridgehead atoms. The average Bonchev–Trinajstić information content (AvgIpc) is 3.25. The molecular formula is C28H29NO2. The predicted octanol–water partition coefficient (Wildman–Crippen LogP) is 5.75. The van der Waals surface area contributed by atoms with Gasteiger partial charge in [0.25, 0.3) is 0 Å². The van der Waals surface area contributed by atoms with E-state index in [1.54, 1.807) is 0 Å². The molecule has 2 aliphatic heterocycles. The number of hydrogen-bond acceptors (Lipinski definition) is 3. The Kier molecular flexibility index (Phi) is 3.41. The Hall–Kier alpha value is -2.23. The van der Waals surface area contributed by atoms with Crippen LogP contribution in [0.15, 0.2) is 72.1 Å². The van der Waals surface area contributed by atoms with E-state index < -0.39 is 5.60 Å². The topological polar surface area (TPSA) is 42.4 Å². The first kappa shape index (κ1) is 18.4. The van der Waals surface area contributed by atoms with Gasteiger partial charge in [0, 0.05) is 29.1 Å². The molecule has 3 heteroatoms. The van der Waals surface area contributed by atoms with Crippen LogP contribution in [0.1, 0.15) is 57.4 Å². The third kappa shape index (κ3) is 2.10. The molecule has 2 aromatic rings. The number of nitrogens with zero attached hydrogens (tertiary/aromatic N) is 1. The highest BCUT2D eigenvalue weighted by Crippen LogP contribution is 2.70. The molecule has 0 unspecified atom stereocenters. The van der Waals surface area contributed by atoms with E-state index in [1.807, 2.05) is 18.5 Å². The summed E-state index contributed by atoms with van der Waals surface area (Å²) in [4.78, 5) is 4.30. The highest BCUT2D eigenvalue weighted by molar-refractivity contribution is 5.82. The number of allylic oxidation sites excluding steroid dienone is 2. The van der Waals surface area contributed by atoms with E-state index in [2.05, 4.69) is 54.4 Å². The summed E-state index contributed by atoms with van der Waals surface area (Å²) in [6, 6.07) is 8.46. The second kappa shape index (κ2) is 5.76. The highest BCUT2D eigenvalue weighted by atomic mass is 16.5. The molecule has 31 heavy (non-hydrogen) atoms. The summed E-state index contributed by atoms with van der Waals surface area (Å²) in [7, 11) is 0. The van der Waals surface area contributed by atoms with Gasteiger partial charge in [-0.3, -0.25) is 4.98 Å². The van der Waals surface area contributed by atoms with E-state index in [0.717, 1.165) is 55.9 Å². The Labute approximate surface area is 183 Å². The van der Waals surface area contributed by atoms with Crippen LogP contribution in [0.4, 0.5) is 0 Å². The lowest BCUT2D eigenvalue weighted by Gasteiger charge is -2.55. The summed E-state index contributed by atoms with van der Waals surface area (Å²) in [5.41, 5.74) is 2.35. The molecule has 0 amide bonds. The lowest BCUT2D eigenvalue weighted by atomic mass is 9.56. The van der Waals surface area contributed by atoms with Crippen molar-refractivity contribution in [2.45, 2.75) is 68.7 Å². The average molecular weight is 412 g/mol. The molecule has 3 heterocycles. The van der Waals surface area contributed by atoms with Gasteiger partial charge in [0.15, 0.2) is 0 Å². The Balaban J connectivity index is 1.36. The van der Waals surface area contributed by atoms with Gasteiger partial charge in [0.2, 0.25) is 0 Å². The Morgan fingerprint density at radius 3 is 2.94 bits per heavy atom. The SMILES string of the molecule is C[C@]12CC=C3C=C4C=CCC[C@]45CC[C@]3(O5)[C@@H]1CC[C@@]2(O)c1ccc2ccncc2c1. The summed E-state index contributed by atoms with van der Waals surface area (Å²) in [5.74, 6) is 0.331. The zero-order valence-corrected chi connectivity index (χ0v) is 18.1. The van der Waals surface area contributed by atoms with Crippen molar-refractivity contribution >= 4 is 10.8 Å². The van der Waals surface area contributed by atoms with E-state index in [4.69, 9.17) is 4.74 Å². The number of aromatic nitrogens is 1. The van der Waals surface area contributed by atoms with Crippen LogP contribution in [-0.4, -0.2) is 21.3 Å². The van der Waals surface area contributed by atoms with Gasteiger partial charge in [-0.25, -0.2) is 0 Å². The fraction of sp³-hybridized carbons (Fsp3) is 0.464. The van der Waals surface area contributed by atoms with E-state index in [-0.39, 0.29) is 16.6 Å². The maximum absolute atomic E-state index is 12.3. The molecule has 5 aliphatic rings. The number of rotatable bonds is 1. The summed E-state index contributed by atoms with van der Waals surface area (Å²) in [6.07, 6.45) is 20.2. The highest BCUT2D eigenvalue weighted by Gasteiger charge is 2.69. The van der Waals surface area contributed by atoms with Gasteiger partial charge in [-0.2, -0.15) is 0 Å². The van der Waals surface area contributed by atoms with Crippen molar-refractivity contribution in [1.29, 1.82) is 0 Å². The molecule has 1 saturated heterocycles. The normalized spacial score (nSPS) is 42.6. The van der Waals surface area contributed by atoms with Crippen LogP contribution in [0.25, 0.3) is 10.8 Å². The van der Waals surface area contributed by atoms with Crippen LogP contribution in [0.5, 0.6) is 0 Å². The zero-order valence-electron chi connectivity index (χ0n) is 18.1. The number of benzene rings is 1. The molecule has 158 valence electrons. The van der Waals surface area contributed by atoms with E-state index >= 15 is 0 Å². The zero-order chi connectivity index (χ0) is 20.9. The number of hydrogen-bond donors (Lipinski definition) is 1. The van der Waals surface area contributed by atoms with Crippen molar-refractivity contribution in [3.8, 4) is 0 Å². The van der Waals surface area contributed by atoms with Gasteiger partial charge in [-0.1, -0.05) is 43.4 Å². The smallest absolute Gasteiger partial charge is 0.0976 e. The first-order chi connectivity index (χ1) is 15.0. The quantitative estimate of drug-likeness (QED) is 0.650. The van der Waals surface area contributed by atoms with Gasteiger partial charge in [0.05, 0.1) is 16.8 Å². The third-order valence-corrected chi connectivity index (χ3v) is 9.55. The van der Waals surface area contributed by atoms with Crippen LogP contribution in [-0.2, 0) is 10.3 Å². The monoisotopic (exact) mass is 411 g/mol. The van der Waals surface area contributed by atoms with Crippen molar-refractivity contribution in [1.82, 2.24) is 4.98 Å². The van der Waals surface area contributed by atoms with Gasteiger partial charge in [0.1, 0.15) is 0 Å². The van der Waals surface area contributed by atoms with Crippen LogP contribution in [0, 0.1) is 11.3 Å². The van der Waals surface area contributed by atoms with Gasteiger partial charge in [-0.05, 0) is 79.2 Å². The molecule has 1 N–H and O–H groups in total. The fourth-order valence-corrected chi connectivity index (χ4v) is 7.83. The summed E-state index contributed by atoms with van der Waals surface area (Å²) >= 11 is 0. The Morgan fingerprint density at radius 2 is 2.00 bits per heavy atom. The minimum atomic E-state index is -0.853. The maximum atomic E-state index is 12.3. The molecule has 7 rings (SSSR count). The molecule has 1 saturated carbocycles. The standard InChI is InChI=1S/C28H29NO2/c1-25-11-7-22-17-21-4-2-3-10-26(21)13-14-27(22,31-26)24(25)8-12-28(25,30)23-6-5-19-9-15-29-18-20(19)16-23/h2,4-7,9,15-18,24,30H,3,8,10-14H2,1H3/t24-,25+,26+,27-,28-/m1/s1. The maximum Gasteiger partial charge on any atom is 0.0976 e. The number of pyridine rings is 1. The van der Waals surface area contributed by atoms with Crippen LogP contribution in [0.3, 0.4) is 0 Å². The minimum absolute atomic E-state index is 0.0976.